The highest BCUT2D eigenvalue weighted by atomic mass is 16.2. The highest BCUT2D eigenvalue weighted by Gasteiger charge is 2.21. The van der Waals surface area contributed by atoms with Crippen molar-refractivity contribution in [3.05, 3.63) is 36.4 Å². The zero-order valence-electron chi connectivity index (χ0n) is 12.5. The molecule has 1 aromatic carbocycles. The van der Waals surface area contributed by atoms with E-state index in [0.29, 0.717) is 12.2 Å². The van der Waals surface area contributed by atoms with E-state index in [9.17, 15) is 14.4 Å². The summed E-state index contributed by atoms with van der Waals surface area (Å²) in [5.74, 6) is -1.50. The molecule has 0 unspecified atom stereocenters. The number of rotatable bonds is 3. The number of amides is 3. The summed E-state index contributed by atoms with van der Waals surface area (Å²) in [4.78, 5) is 36.7. The van der Waals surface area contributed by atoms with Crippen molar-refractivity contribution in [2.45, 2.75) is 19.8 Å². The van der Waals surface area contributed by atoms with Gasteiger partial charge in [-0.2, -0.15) is 0 Å². The Kier molecular flexibility index (Phi) is 4.93. The Morgan fingerprint density at radius 3 is 2.77 bits per heavy atom. The number of nitrogens with zero attached hydrogens (tertiary/aromatic N) is 1. The largest absolute Gasteiger partial charge is 0.344 e. The molecule has 6 heteroatoms. The lowest BCUT2D eigenvalue weighted by atomic mass is 10.0. The first kappa shape index (κ1) is 15.8. The van der Waals surface area contributed by atoms with Gasteiger partial charge in [0.25, 0.3) is 0 Å². The molecule has 0 radical (unpaired) electrons. The number of nitrogens with one attached hydrogen (secondary N) is 2. The summed E-state index contributed by atoms with van der Waals surface area (Å²) >= 11 is 0. The van der Waals surface area contributed by atoms with Crippen molar-refractivity contribution in [1.82, 2.24) is 5.32 Å². The van der Waals surface area contributed by atoms with Gasteiger partial charge in [0.15, 0.2) is 0 Å². The van der Waals surface area contributed by atoms with E-state index in [-0.39, 0.29) is 12.5 Å². The van der Waals surface area contributed by atoms with Crippen LogP contribution in [-0.2, 0) is 20.8 Å². The van der Waals surface area contributed by atoms with Crippen LogP contribution in [-0.4, -0.2) is 30.8 Å². The minimum absolute atomic E-state index is 0.0341. The Balaban J connectivity index is 2.15. The molecule has 2 N–H and O–H groups in total. The minimum atomic E-state index is -0.744. The van der Waals surface area contributed by atoms with Crippen molar-refractivity contribution < 1.29 is 14.4 Å². The molecule has 3 amide bonds. The van der Waals surface area contributed by atoms with E-state index in [1.165, 1.54) is 13.0 Å². The molecule has 0 aliphatic carbocycles. The van der Waals surface area contributed by atoms with Gasteiger partial charge < -0.3 is 15.5 Å². The van der Waals surface area contributed by atoms with Gasteiger partial charge in [-0.25, -0.2) is 0 Å². The molecular weight excluding hydrogens is 282 g/mol. The number of carbonyl (C=O) groups is 3. The maximum atomic E-state index is 11.8. The van der Waals surface area contributed by atoms with E-state index >= 15 is 0 Å². The third kappa shape index (κ3) is 3.52. The summed E-state index contributed by atoms with van der Waals surface area (Å²) in [5.41, 5.74) is 2.35. The Hall–Kier alpha value is -2.63. The molecule has 0 aromatic heterocycles. The number of fused-ring (bicyclic) bond motifs is 1. The van der Waals surface area contributed by atoms with Gasteiger partial charge in [0.1, 0.15) is 0 Å². The Morgan fingerprint density at radius 2 is 2.09 bits per heavy atom. The lowest BCUT2D eigenvalue weighted by Crippen LogP contribution is -2.36. The fourth-order valence-electron chi connectivity index (χ4n) is 2.41. The normalized spacial score (nSPS) is 13.0. The third-order valence-corrected chi connectivity index (χ3v) is 3.46. The van der Waals surface area contributed by atoms with Gasteiger partial charge in [0.05, 0.1) is 0 Å². The molecule has 0 saturated carbocycles. The van der Waals surface area contributed by atoms with E-state index in [0.717, 1.165) is 24.1 Å². The number of benzene rings is 1. The highest BCUT2D eigenvalue weighted by molar-refractivity contribution is 6.39. The maximum absolute atomic E-state index is 11.8. The second-order valence-corrected chi connectivity index (χ2v) is 5.07. The van der Waals surface area contributed by atoms with Crippen LogP contribution in [0.2, 0.25) is 0 Å². The van der Waals surface area contributed by atoms with Gasteiger partial charge in [-0.3, -0.25) is 14.4 Å². The number of carbonyl (C=O) groups excluding carboxylic acids is 3. The highest BCUT2D eigenvalue weighted by Crippen LogP contribution is 2.30. The van der Waals surface area contributed by atoms with Gasteiger partial charge in [-0.1, -0.05) is 12.1 Å². The van der Waals surface area contributed by atoms with E-state index in [2.05, 4.69) is 17.2 Å². The number of hydrogen-bond donors (Lipinski definition) is 2. The van der Waals surface area contributed by atoms with E-state index in [1.807, 2.05) is 6.07 Å². The first-order chi connectivity index (χ1) is 10.5. The monoisotopic (exact) mass is 301 g/mol. The third-order valence-electron chi connectivity index (χ3n) is 3.46. The summed E-state index contributed by atoms with van der Waals surface area (Å²) in [7, 11) is 0. The van der Waals surface area contributed by atoms with Gasteiger partial charge in [-0.05, 0) is 30.5 Å². The Morgan fingerprint density at radius 1 is 1.32 bits per heavy atom. The summed E-state index contributed by atoms with van der Waals surface area (Å²) < 4.78 is 0. The minimum Gasteiger partial charge on any atom is -0.344 e. The predicted molar refractivity (Wildman–Crippen MR) is 84.6 cm³/mol. The van der Waals surface area contributed by atoms with E-state index in [1.54, 1.807) is 17.0 Å². The lowest BCUT2D eigenvalue weighted by Gasteiger charge is -2.29. The lowest BCUT2D eigenvalue weighted by molar-refractivity contribution is -0.136. The first-order valence-electron chi connectivity index (χ1n) is 7.14. The second-order valence-electron chi connectivity index (χ2n) is 5.07. The Bertz CT molecular complexity index is 625. The second kappa shape index (κ2) is 6.89. The van der Waals surface area contributed by atoms with Crippen molar-refractivity contribution in [2.24, 2.45) is 0 Å². The fourth-order valence-corrected chi connectivity index (χ4v) is 2.41. The number of aryl methyl sites for hydroxylation is 1. The first-order valence-corrected chi connectivity index (χ1v) is 7.14. The molecule has 1 aromatic rings. The summed E-state index contributed by atoms with van der Waals surface area (Å²) in [6.45, 7) is 5.88. The van der Waals surface area contributed by atoms with Crippen molar-refractivity contribution >= 4 is 29.1 Å². The molecule has 1 aliphatic rings. The molecule has 22 heavy (non-hydrogen) atoms. The summed E-state index contributed by atoms with van der Waals surface area (Å²) in [6, 6.07) is 5.34. The Labute approximate surface area is 129 Å². The topological polar surface area (TPSA) is 78.5 Å². The average Bonchev–Trinajstić information content (AvgIpc) is 2.51. The van der Waals surface area contributed by atoms with Crippen LogP contribution in [0.4, 0.5) is 11.4 Å². The van der Waals surface area contributed by atoms with Crippen molar-refractivity contribution in [1.29, 1.82) is 0 Å². The van der Waals surface area contributed by atoms with Crippen LogP contribution >= 0.6 is 0 Å². The molecule has 0 spiro atoms. The molecule has 116 valence electrons. The standard InChI is InChI=1S/C16H19N3O3/c1-3-8-17-15(21)16(22)18-13-7-6-12-5-4-9-19(11(2)20)14(12)10-13/h3,6-7,10H,1,4-5,8-9H2,2H3,(H,17,21)(H,18,22). The quantitative estimate of drug-likeness (QED) is 0.651. The van der Waals surface area contributed by atoms with Gasteiger partial charge in [-0.15, -0.1) is 6.58 Å². The molecule has 0 fully saturated rings. The maximum Gasteiger partial charge on any atom is 0.313 e. The van der Waals surface area contributed by atoms with Crippen LogP contribution in [0.1, 0.15) is 18.9 Å². The molecule has 0 saturated heterocycles. The van der Waals surface area contributed by atoms with Crippen LogP contribution in [0, 0.1) is 0 Å². The SMILES string of the molecule is C=CCNC(=O)C(=O)Nc1ccc2c(c1)N(C(C)=O)CCC2. The smallest absolute Gasteiger partial charge is 0.313 e. The zero-order valence-corrected chi connectivity index (χ0v) is 12.5. The number of anilines is 2. The van der Waals surface area contributed by atoms with Crippen LogP contribution in [0.3, 0.4) is 0 Å². The fraction of sp³-hybridized carbons (Fsp3) is 0.312. The molecule has 0 atom stereocenters. The zero-order chi connectivity index (χ0) is 16.1. The van der Waals surface area contributed by atoms with Crippen LogP contribution in [0.5, 0.6) is 0 Å². The number of hydrogen-bond acceptors (Lipinski definition) is 3. The summed E-state index contributed by atoms with van der Waals surface area (Å²) in [5, 5.41) is 4.95. The molecular formula is C16H19N3O3. The average molecular weight is 301 g/mol. The summed E-state index contributed by atoms with van der Waals surface area (Å²) in [6.07, 6.45) is 3.31. The molecule has 2 rings (SSSR count). The predicted octanol–water partition coefficient (Wildman–Crippen LogP) is 1.23. The van der Waals surface area contributed by atoms with Crippen molar-refractivity contribution in [2.75, 3.05) is 23.3 Å². The van der Waals surface area contributed by atoms with E-state index in [4.69, 9.17) is 0 Å². The van der Waals surface area contributed by atoms with Gasteiger partial charge in [0.2, 0.25) is 5.91 Å². The van der Waals surface area contributed by atoms with E-state index < -0.39 is 11.8 Å². The van der Waals surface area contributed by atoms with Crippen LogP contribution in [0.15, 0.2) is 30.9 Å². The van der Waals surface area contributed by atoms with Crippen LogP contribution in [0.25, 0.3) is 0 Å². The van der Waals surface area contributed by atoms with Gasteiger partial charge >= 0.3 is 11.8 Å². The van der Waals surface area contributed by atoms with Crippen LogP contribution < -0.4 is 15.5 Å². The van der Waals surface area contributed by atoms with Crippen molar-refractivity contribution in [3.63, 3.8) is 0 Å². The van der Waals surface area contributed by atoms with Crippen molar-refractivity contribution in [3.8, 4) is 0 Å². The molecule has 1 heterocycles. The molecule has 0 bridgehead atoms. The van der Waals surface area contributed by atoms with Gasteiger partial charge in [0, 0.05) is 31.4 Å². The molecule has 1 aliphatic heterocycles. The molecule has 6 nitrogen and oxygen atoms in total.